The van der Waals surface area contributed by atoms with E-state index < -0.39 is 10.0 Å². The molecule has 0 spiro atoms. The minimum absolute atomic E-state index is 0.185. The molecule has 0 bridgehead atoms. The molecule has 0 unspecified atom stereocenters. The minimum Gasteiger partial charge on any atom is -0.380 e. The molecule has 1 aromatic carbocycles. The molecule has 6 heteroatoms. The summed E-state index contributed by atoms with van der Waals surface area (Å²) in [6.07, 6.45) is 2.75. The average molecular weight is 294 g/mol. The lowest BCUT2D eigenvalue weighted by molar-refractivity contribution is 0.144. The van der Waals surface area contributed by atoms with E-state index in [1.165, 1.54) is 12.1 Å². The second-order valence-electron chi connectivity index (χ2n) is 4.07. The molecule has 0 aliphatic heterocycles. The predicted molar refractivity (Wildman–Crippen MR) is 76.6 cm³/mol. The Morgan fingerprint density at radius 2 is 2.00 bits per heavy atom. The molecule has 0 aromatic heterocycles. The van der Waals surface area contributed by atoms with E-state index in [2.05, 4.69) is 11.3 Å². The number of nitrogens with zero attached hydrogens (tertiary/aromatic N) is 1. The van der Waals surface area contributed by atoms with Crippen molar-refractivity contribution in [1.82, 2.24) is 4.72 Å². The van der Waals surface area contributed by atoms with Crippen molar-refractivity contribution in [2.45, 2.75) is 17.7 Å². The van der Waals surface area contributed by atoms with Gasteiger partial charge in [-0.15, -0.1) is 6.58 Å². The number of nitrogens with one attached hydrogen (secondary N) is 1. The summed E-state index contributed by atoms with van der Waals surface area (Å²) < 4.78 is 31.6. The van der Waals surface area contributed by atoms with Crippen LogP contribution in [0.4, 0.5) is 0 Å². The first-order chi connectivity index (χ1) is 9.60. The van der Waals surface area contributed by atoms with Crippen molar-refractivity contribution in [3.8, 4) is 6.07 Å². The van der Waals surface area contributed by atoms with Crippen molar-refractivity contribution in [3.05, 3.63) is 42.5 Å². The standard InChI is InChI=1S/C14H18N2O3S/c1-2-3-11-19-12-10-16-20(17,18)14-6-4-13(5-7-14)8-9-15/h2,4-7,16H,1,3,8,10-12H2. The highest BCUT2D eigenvalue weighted by atomic mass is 32.2. The SMILES string of the molecule is C=CCCOCCNS(=O)(=O)c1ccc(CC#N)cc1. The summed E-state index contributed by atoms with van der Waals surface area (Å²) in [7, 11) is -3.52. The maximum atomic E-state index is 11.9. The molecule has 108 valence electrons. The molecule has 0 saturated carbocycles. The van der Waals surface area contributed by atoms with Crippen LogP contribution in [0.1, 0.15) is 12.0 Å². The lowest BCUT2D eigenvalue weighted by Crippen LogP contribution is -2.27. The zero-order chi connectivity index (χ0) is 14.8. The lowest BCUT2D eigenvalue weighted by Gasteiger charge is -2.07. The molecule has 1 aromatic rings. The van der Waals surface area contributed by atoms with Gasteiger partial charge in [-0.3, -0.25) is 0 Å². The summed E-state index contributed by atoms with van der Waals surface area (Å²) in [6, 6.07) is 8.27. The fourth-order valence-electron chi connectivity index (χ4n) is 1.48. The highest BCUT2D eigenvalue weighted by Crippen LogP contribution is 2.10. The predicted octanol–water partition coefficient (Wildman–Crippen LogP) is 1.62. The van der Waals surface area contributed by atoms with Crippen molar-refractivity contribution >= 4 is 10.0 Å². The Morgan fingerprint density at radius 3 is 2.60 bits per heavy atom. The Kier molecular flexibility index (Phi) is 6.94. The molecule has 1 rings (SSSR count). The Hall–Kier alpha value is -1.68. The summed E-state index contributed by atoms with van der Waals surface area (Å²) in [5.74, 6) is 0. The summed E-state index contributed by atoms with van der Waals surface area (Å²) in [5.41, 5.74) is 0.791. The average Bonchev–Trinajstić information content (AvgIpc) is 2.44. The maximum Gasteiger partial charge on any atom is 0.240 e. The van der Waals surface area contributed by atoms with Crippen LogP contribution in [0.2, 0.25) is 0 Å². The van der Waals surface area contributed by atoms with Crippen LogP contribution < -0.4 is 4.72 Å². The van der Waals surface area contributed by atoms with E-state index in [0.29, 0.717) is 13.2 Å². The largest absolute Gasteiger partial charge is 0.380 e. The van der Waals surface area contributed by atoms with Crippen LogP contribution in [0.3, 0.4) is 0 Å². The van der Waals surface area contributed by atoms with E-state index in [0.717, 1.165) is 12.0 Å². The van der Waals surface area contributed by atoms with Crippen LogP contribution in [0, 0.1) is 11.3 Å². The van der Waals surface area contributed by atoms with E-state index in [-0.39, 0.29) is 17.9 Å². The molecule has 0 aliphatic carbocycles. The Balaban J connectivity index is 2.47. The molecule has 0 saturated heterocycles. The number of ether oxygens (including phenoxy) is 1. The Bertz CT molecular complexity index is 559. The molecular formula is C14H18N2O3S. The first-order valence-corrected chi connectivity index (χ1v) is 7.72. The van der Waals surface area contributed by atoms with E-state index in [1.54, 1.807) is 18.2 Å². The third-order valence-corrected chi connectivity index (χ3v) is 4.00. The van der Waals surface area contributed by atoms with Gasteiger partial charge in [-0.2, -0.15) is 5.26 Å². The van der Waals surface area contributed by atoms with Crippen LogP contribution >= 0.6 is 0 Å². The lowest BCUT2D eigenvalue weighted by atomic mass is 10.2. The normalized spacial score (nSPS) is 10.9. The van der Waals surface area contributed by atoms with E-state index in [9.17, 15) is 8.42 Å². The third kappa shape index (κ3) is 5.53. The minimum atomic E-state index is -3.52. The number of hydrogen-bond donors (Lipinski definition) is 1. The summed E-state index contributed by atoms with van der Waals surface area (Å²) >= 11 is 0. The summed E-state index contributed by atoms with van der Waals surface area (Å²) in [4.78, 5) is 0.185. The monoisotopic (exact) mass is 294 g/mol. The summed E-state index contributed by atoms with van der Waals surface area (Å²) in [5, 5.41) is 8.55. The number of sulfonamides is 1. The highest BCUT2D eigenvalue weighted by molar-refractivity contribution is 7.89. The fraction of sp³-hybridized carbons (Fsp3) is 0.357. The van der Waals surface area contributed by atoms with Gasteiger partial charge in [0.25, 0.3) is 0 Å². The van der Waals surface area contributed by atoms with Gasteiger partial charge in [0.2, 0.25) is 10.0 Å². The second kappa shape index (κ2) is 8.48. The van der Waals surface area contributed by atoms with Gasteiger partial charge in [0.05, 0.1) is 30.6 Å². The van der Waals surface area contributed by atoms with E-state index in [1.807, 2.05) is 6.07 Å². The van der Waals surface area contributed by atoms with Crippen LogP contribution in [0.25, 0.3) is 0 Å². The molecule has 20 heavy (non-hydrogen) atoms. The number of hydrogen-bond acceptors (Lipinski definition) is 4. The number of nitriles is 1. The van der Waals surface area contributed by atoms with Gasteiger partial charge >= 0.3 is 0 Å². The quantitative estimate of drug-likeness (QED) is 0.554. The molecule has 0 atom stereocenters. The first-order valence-electron chi connectivity index (χ1n) is 6.24. The van der Waals surface area contributed by atoms with Crippen LogP contribution in [0.15, 0.2) is 41.8 Å². The van der Waals surface area contributed by atoms with Gasteiger partial charge in [0.15, 0.2) is 0 Å². The number of rotatable bonds is 9. The molecule has 0 heterocycles. The molecule has 0 aliphatic rings. The molecular weight excluding hydrogens is 276 g/mol. The molecule has 0 radical (unpaired) electrons. The Labute approximate surface area is 119 Å². The second-order valence-corrected chi connectivity index (χ2v) is 5.83. The molecule has 0 amide bonds. The van der Waals surface area contributed by atoms with Crippen molar-refractivity contribution < 1.29 is 13.2 Å². The summed E-state index contributed by atoms with van der Waals surface area (Å²) in [6.45, 7) is 4.64. The van der Waals surface area contributed by atoms with Gasteiger partial charge in [-0.1, -0.05) is 18.2 Å². The van der Waals surface area contributed by atoms with Crippen molar-refractivity contribution in [3.63, 3.8) is 0 Å². The highest BCUT2D eigenvalue weighted by Gasteiger charge is 2.12. The smallest absolute Gasteiger partial charge is 0.240 e. The van der Waals surface area contributed by atoms with E-state index in [4.69, 9.17) is 10.00 Å². The third-order valence-electron chi connectivity index (χ3n) is 2.52. The molecule has 0 fully saturated rings. The number of benzene rings is 1. The van der Waals surface area contributed by atoms with Crippen LogP contribution in [-0.4, -0.2) is 28.2 Å². The fourth-order valence-corrected chi connectivity index (χ4v) is 2.49. The van der Waals surface area contributed by atoms with Crippen LogP contribution in [-0.2, 0) is 21.2 Å². The first kappa shape index (κ1) is 16.4. The topological polar surface area (TPSA) is 79.2 Å². The van der Waals surface area contributed by atoms with Crippen molar-refractivity contribution in [1.29, 1.82) is 5.26 Å². The van der Waals surface area contributed by atoms with Crippen LogP contribution in [0.5, 0.6) is 0 Å². The maximum absolute atomic E-state index is 11.9. The van der Waals surface area contributed by atoms with Gasteiger partial charge < -0.3 is 4.74 Å². The van der Waals surface area contributed by atoms with Gasteiger partial charge in [0.1, 0.15) is 0 Å². The van der Waals surface area contributed by atoms with Gasteiger partial charge in [-0.05, 0) is 24.1 Å². The van der Waals surface area contributed by atoms with Crippen molar-refractivity contribution in [2.75, 3.05) is 19.8 Å². The van der Waals surface area contributed by atoms with Gasteiger partial charge in [0, 0.05) is 6.54 Å². The zero-order valence-electron chi connectivity index (χ0n) is 11.2. The van der Waals surface area contributed by atoms with E-state index >= 15 is 0 Å². The Morgan fingerprint density at radius 1 is 1.30 bits per heavy atom. The molecule has 5 nitrogen and oxygen atoms in total. The van der Waals surface area contributed by atoms with Crippen molar-refractivity contribution in [2.24, 2.45) is 0 Å². The van der Waals surface area contributed by atoms with Gasteiger partial charge in [-0.25, -0.2) is 13.1 Å². The zero-order valence-corrected chi connectivity index (χ0v) is 12.0. The molecule has 1 N–H and O–H groups in total.